The van der Waals surface area contributed by atoms with Gasteiger partial charge in [-0.05, 0) is 73.6 Å². The first-order chi connectivity index (χ1) is 23.3. The van der Waals surface area contributed by atoms with Crippen molar-refractivity contribution in [2.75, 3.05) is 6.54 Å². The van der Waals surface area contributed by atoms with Crippen molar-refractivity contribution in [1.82, 2.24) is 9.47 Å². The van der Waals surface area contributed by atoms with Crippen LogP contribution >= 0.6 is 11.3 Å². The number of hydrogen-bond acceptors (Lipinski definition) is 3. The Hall–Kier alpha value is -5.71. The summed E-state index contributed by atoms with van der Waals surface area (Å²) in [6.45, 7) is 0.882. The van der Waals surface area contributed by atoms with Gasteiger partial charge in [0.2, 0.25) is 5.96 Å². The molecule has 0 amide bonds. The van der Waals surface area contributed by atoms with Gasteiger partial charge in [0.1, 0.15) is 10.5 Å². The van der Waals surface area contributed by atoms with Crippen LogP contribution in [0.2, 0.25) is 0 Å². The fourth-order valence-corrected chi connectivity index (χ4v) is 10.0. The smallest absolute Gasteiger partial charge is 0.213 e. The average molecular weight is 616 g/mol. The van der Waals surface area contributed by atoms with Crippen LogP contribution in [-0.4, -0.2) is 22.0 Å². The molecular weight excluding hydrogens is 591 g/mol. The number of rotatable bonds is 1. The van der Waals surface area contributed by atoms with Crippen LogP contribution in [0.4, 0.5) is 5.00 Å². The Morgan fingerprint density at radius 1 is 0.553 bits per heavy atom. The maximum Gasteiger partial charge on any atom is 0.213 e. The summed E-state index contributed by atoms with van der Waals surface area (Å²) in [7, 11) is 0. The van der Waals surface area contributed by atoms with Crippen LogP contribution in [0.15, 0.2) is 145 Å². The molecule has 4 heteroatoms. The summed E-state index contributed by atoms with van der Waals surface area (Å²) in [6.07, 6.45) is 0. The van der Waals surface area contributed by atoms with E-state index in [9.17, 15) is 0 Å². The minimum atomic E-state index is -0.313. The summed E-state index contributed by atoms with van der Waals surface area (Å²) >= 11 is 1.82. The zero-order valence-electron chi connectivity index (χ0n) is 25.2. The van der Waals surface area contributed by atoms with Crippen molar-refractivity contribution in [3.63, 3.8) is 0 Å². The van der Waals surface area contributed by atoms with Crippen molar-refractivity contribution in [2.24, 2.45) is 4.99 Å². The first kappa shape index (κ1) is 24.5. The van der Waals surface area contributed by atoms with E-state index in [0.717, 1.165) is 17.5 Å². The van der Waals surface area contributed by atoms with E-state index < -0.39 is 0 Å². The summed E-state index contributed by atoms with van der Waals surface area (Å²) in [6, 6.07) is 51.7. The molecule has 1 fully saturated rings. The second-order valence-electron chi connectivity index (χ2n) is 13.1. The molecule has 47 heavy (non-hydrogen) atoms. The molecule has 2 aromatic heterocycles. The van der Waals surface area contributed by atoms with Gasteiger partial charge in [-0.3, -0.25) is 4.57 Å². The predicted molar refractivity (Wildman–Crippen MR) is 197 cm³/mol. The first-order valence-electron chi connectivity index (χ1n) is 16.3. The van der Waals surface area contributed by atoms with Gasteiger partial charge >= 0.3 is 0 Å². The Bertz CT molecular complexity index is 2880. The second kappa shape index (κ2) is 8.35. The van der Waals surface area contributed by atoms with Crippen LogP contribution in [-0.2, 0) is 5.54 Å². The highest BCUT2D eigenvalue weighted by Crippen LogP contribution is 2.62. The normalized spacial score (nSPS) is 17.4. The molecule has 0 saturated carbocycles. The molecule has 218 valence electrons. The number of benzene rings is 7. The number of aromatic nitrogens is 1. The minimum Gasteiger partial charge on any atom is -0.323 e. The van der Waals surface area contributed by atoms with Gasteiger partial charge in [0.25, 0.3) is 0 Å². The highest BCUT2D eigenvalue weighted by Gasteiger charge is 2.62. The molecule has 0 bridgehead atoms. The van der Waals surface area contributed by atoms with Crippen LogP contribution in [0, 0.1) is 0 Å². The first-order valence-corrected chi connectivity index (χ1v) is 17.1. The number of nitrogens with zero attached hydrogens (tertiary/aromatic N) is 3. The van der Waals surface area contributed by atoms with Crippen LogP contribution in [0.1, 0.15) is 11.1 Å². The predicted octanol–water partition coefficient (Wildman–Crippen LogP) is 11.1. The Labute approximate surface area is 274 Å². The lowest BCUT2D eigenvalue weighted by atomic mass is 9.84. The highest BCUT2D eigenvalue weighted by atomic mass is 32.1. The van der Waals surface area contributed by atoms with Gasteiger partial charge in [0.05, 0.1) is 17.6 Å². The third-order valence-corrected chi connectivity index (χ3v) is 12.0. The summed E-state index contributed by atoms with van der Waals surface area (Å²) < 4.78 is 3.72. The minimum absolute atomic E-state index is 0.313. The Kier molecular flexibility index (Phi) is 4.36. The third-order valence-electron chi connectivity index (χ3n) is 10.9. The fraction of sp³-hybridized carbons (Fsp3) is 0.0465. The lowest BCUT2D eigenvalue weighted by molar-refractivity contribution is 0.616. The van der Waals surface area contributed by atoms with Gasteiger partial charge in [0.15, 0.2) is 0 Å². The van der Waals surface area contributed by atoms with E-state index in [1.54, 1.807) is 0 Å². The van der Waals surface area contributed by atoms with Crippen molar-refractivity contribution in [2.45, 2.75) is 5.54 Å². The van der Waals surface area contributed by atoms with Gasteiger partial charge < -0.3 is 4.90 Å². The number of fused-ring (bicyclic) bond motifs is 12. The number of hydrogen-bond donors (Lipinski definition) is 0. The van der Waals surface area contributed by atoms with Crippen molar-refractivity contribution >= 4 is 75.7 Å². The van der Waals surface area contributed by atoms with Gasteiger partial charge in [-0.1, -0.05) is 115 Å². The molecule has 4 heterocycles. The summed E-state index contributed by atoms with van der Waals surface area (Å²) in [4.78, 5) is 8.15. The molecule has 9 aromatic rings. The molecule has 1 atom stereocenters. The Balaban J connectivity index is 1.18. The molecule has 1 aliphatic carbocycles. The number of para-hydroxylation sites is 1. The Morgan fingerprint density at radius 3 is 2.11 bits per heavy atom. The van der Waals surface area contributed by atoms with Crippen LogP contribution in [0.3, 0.4) is 0 Å². The molecule has 0 spiro atoms. The number of thiophene rings is 1. The van der Waals surface area contributed by atoms with Gasteiger partial charge in [-0.25, -0.2) is 4.99 Å². The second-order valence-corrected chi connectivity index (χ2v) is 14.2. The molecule has 3 nitrogen and oxygen atoms in total. The maximum absolute atomic E-state index is 5.58. The summed E-state index contributed by atoms with van der Waals surface area (Å²) in [5.41, 5.74) is 10.1. The van der Waals surface area contributed by atoms with Gasteiger partial charge in [-0.15, -0.1) is 11.3 Å². The van der Waals surface area contributed by atoms with Crippen molar-refractivity contribution in [1.29, 1.82) is 0 Å². The van der Waals surface area contributed by atoms with Crippen LogP contribution in [0.25, 0.3) is 75.7 Å². The molecule has 3 aliphatic rings. The zero-order valence-corrected chi connectivity index (χ0v) is 26.1. The SMILES string of the molecule is c1ccc2c(c1)-c1cccc3c(C45CN4C(n4c6ccccc6c6cc7ccccc7cc64)=Nc4sc6ccccc6c45)ccc-2c13. The van der Waals surface area contributed by atoms with Crippen LogP contribution in [0.5, 0.6) is 0 Å². The highest BCUT2D eigenvalue weighted by molar-refractivity contribution is 7.23. The van der Waals surface area contributed by atoms with E-state index >= 15 is 0 Å². The summed E-state index contributed by atoms with van der Waals surface area (Å²) in [5.74, 6) is 1.01. The lowest BCUT2D eigenvalue weighted by Crippen LogP contribution is -2.31. The maximum atomic E-state index is 5.58. The largest absolute Gasteiger partial charge is 0.323 e. The van der Waals surface area contributed by atoms with E-state index in [0.29, 0.717) is 0 Å². The topological polar surface area (TPSA) is 20.3 Å². The quantitative estimate of drug-likeness (QED) is 0.168. The van der Waals surface area contributed by atoms with Crippen molar-refractivity contribution in [3.05, 3.63) is 151 Å². The van der Waals surface area contributed by atoms with Crippen LogP contribution < -0.4 is 0 Å². The molecule has 1 unspecified atom stereocenters. The van der Waals surface area contributed by atoms with E-state index in [1.165, 1.54) is 86.8 Å². The molecule has 0 N–H and O–H groups in total. The zero-order chi connectivity index (χ0) is 30.4. The van der Waals surface area contributed by atoms with Crippen molar-refractivity contribution < 1.29 is 0 Å². The van der Waals surface area contributed by atoms with E-state index in [4.69, 9.17) is 4.99 Å². The fourth-order valence-electron chi connectivity index (χ4n) is 8.89. The third kappa shape index (κ3) is 2.92. The van der Waals surface area contributed by atoms with E-state index in [2.05, 4.69) is 149 Å². The molecule has 7 aromatic carbocycles. The Morgan fingerprint density at radius 2 is 1.23 bits per heavy atom. The average Bonchev–Trinajstić information content (AvgIpc) is 3.47. The molecule has 12 rings (SSSR count). The summed E-state index contributed by atoms with van der Waals surface area (Å²) in [5, 5.41) is 10.2. The molecular formula is C43H25N3S. The molecule has 0 radical (unpaired) electrons. The monoisotopic (exact) mass is 615 g/mol. The molecule has 1 saturated heterocycles. The standard InChI is InChI=1S/C43H25N3S/c1-2-11-26-23-37-34(22-25(26)10-1)29-14-5-7-18-36(29)46(37)42-44-41-40(33-15-6-8-19-38(33)47-41)43(24-45(42)43)35-21-20-31-28-13-4-3-12-27(28)30-16-9-17-32(35)39(30)31/h1-23H,24H2. The van der Waals surface area contributed by atoms with E-state index in [-0.39, 0.29) is 5.54 Å². The van der Waals surface area contributed by atoms with Gasteiger partial charge in [0, 0.05) is 26.4 Å². The molecule has 2 aliphatic heterocycles. The number of aliphatic imine (C=N–C) groups is 1. The van der Waals surface area contributed by atoms with E-state index in [1.807, 2.05) is 11.3 Å². The van der Waals surface area contributed by atoms with Gasteiger partial charge in [-0.2, -0.15) is 0 Å². The van der Waals surface area contributed by atoms with Crippen molar-refractivity contribution in [3.8, 4) is 22.3 Å². The lowest BCUT2D eigenvalue weighted by Gasteiger charge is -2.27.